The molecule has 3 heteroatoms. The Bertz CT molecular complexity index is 683. The van der Waals surface area contributed by atoms with Crippen LogP contribution >= 0.6 is 0 Å². The molecule has 1 heterocycles. The number of hydrogen-bond acceptors (Lipinski definition) is 2. The van der Waals surface area contributed by atoms with Crippen LogP contribution in [0.2, 0.25) is 0 Å². The van der Waals surface area contributed by atoms with Gasteiger partial charge in [-0.2, -0.15) is 0 Å². The van der Waals surface area contributed by atoms with Crippen LogP contribution in [0.3, 0.4) is 0 Å². The topological polar surface area (TPSA) is 30.7 Å². The predicted octanol–water partition coefficient (Wildman–Crippen LogP) is 3.06. The van der Waals surface area contributed by atoms with Crippen molar-refractivity contribution >= 4 is 17.1 Å². The number of aromatic nitrogens is 3. The van der Waals surface area contributed by atoms with Crippen molar-refractivity contribution in [2.24, 2.45) is 0 Å². The van der Waals surface area contributed by atoms with Crippen LogP contribution in [0, 0.1) is 0 Å². The van der Waals surface area contributed by atoms with E-state index in [-0.39, 0.29) is 0 Å². The van der Waals surface area contributed by atoms with E-state index >= 15 is 0 Å². The van der Waals surface area contributed by atoms with Crippen molar-refractivity contribution in [1.82, 2.24) is 15.0 Å². The predicted molar refractivity (Wildman–Crippen MR) is 69.0 cm³/mol. The molecule has 0 bridgehead atoms. The zero-order chi connectivity index (χ0) is 11.7. The molecule has 0 fully saturated rings. The van der Waals surface area contributed by atoms with Crippen LogP contribution in [0.25, 0.3) is 22.8 Å². The van der Waals surface area contributed by atoms with Crippen molar-refractivity contribution in [3.8, 4) is 5.69 Å². The lowest BCUT2D eigenvalue weighted by Gasteiger charge is -2.05. The minimum absolute atomic E-state index is 0.895. The molecular weight excluding hydrogens is 210 g/mol. The highest BCUT2D eigenvalue weighted by Gasteiger charge is 2.07. The molecule has 0 atom stereocenters. The molecule has 2 aromatic carbocycles. The highest BCUT2D eigenvalue weighted by Crippen LogP contribution is 2.19. The molecule has 0 aliphatic carbocycles. The van der Waals surface area contributed by atoms with Gasteiger partial charge in [0.2, 0.25) is 0 Å². The maximum absolute atomic E-state index is 4.19. The summed E-state index contributed by atoms with van der Waals surface area (Å²) >= 11 is 0. The summed E-state index contributed by atoms with van der Waals surface area (Å²) in [5, 5.41) is 8.34. The van der Waals surface area contributed by atoms with Crippen LogP contribution in [0.15, 0.2) is 55.1 Å². The van der Waals surface area contributed by atoms with E-state index in [1.807, 2.05) is 59.3 Å². The van der Waals surface area contributed by atoms with Crippen LogP contribution in [-0.4, -0.2) is 15.0 Å². The van der Waals surface area contributed by atoms with E-state index < -0.39 is 0 Å². The number of para-hydroxylation sites is 2. The summed E-state index contributed by atoms with van der Waals surface area (Å²) in [5.74, 6) is 0. The smallest absolute Gasteiger partial charge is 0.113 e. The van der Waals surface area contributed by atoms with Gasteiger partial charge in [0.1, 0.15) is 5.52 Å². The monoisotopic (exact) mass is 221 g/mol. The third-order valence-electron chi connectivity index (χ3n) is 2.74. The zero-order valence-electron chi connectivity index (χ0n) is 9.24. The normalized spacial score (nSPS) is 10.6. The summed E-state index contributed by atoms with van der Waals surface area (Å²) < 4.78 is 1.84. The maximum Gasteiger partial charge on any atom is 0.113 e. The van der Waals surface area contributed by atoms with E-state index in [0.29, 0.717) is 0 Å². The zero-order valence-corrected chi connectivity index (χ0v) is 9.24. The highest BCUT2D eigenvalue weighted by atomic mass is 15.4. The van der Waals surface area contributed by atoms with Gasteiger partial charge in [-0.25, -0.2) is 4.68 Å². The molecular formula is C14H11N3. The molecule has 0 saturated carbocycles. The van der Waals surface area contributed by atoms with E-state index in [2.05, 4.69) is 16.9 Å². The number of nitrogens with zero attached hydrogens (tertiary/aromatic N) is 3. The fourth-order valence-corrected chi connectivity index (χ4v) is 1.90. The van der Waals surface area contributed by atoms with Crippen molar-refractivity contribution in [3.63, 3.8) is 0 Å². The van der Waals surface area contributed by atoms with E-state index in [4.69, 9.17) is 0 Å². The first-order valence-corrected chi connectivity index (χ1v) is 5.42. The highest BCUT2D eigenvalue weighted by molar-refractivity contribution is 5.77. The molecule has 3 aromatic rings. The summed E-state index contributed by atoms with van der Waals surface area (Å²) in [5.41, 5.74) is 3.94. The second-order valence-electron chi connectivity index (χ2n) is 3.75. The van der Waals surface area contributed by atoms with Crippen LogP contribution in [0.4, 0.5) is 0 Å². The lowest BCUT2D eigenvalue weighted by molar-refractivity contribution is 0.823. The van der Waals surface area contributed by atoms with Gasteiger partial charge in [0.15, 0.2) is 0 Å². The fourth-order valence-electron chi connectivity index (χ4n) is 1.90. The standard InChI is InChI=1S/C14H11N3/c1-2-11-7-3-5-9-13(11)17-14-10-6-4-8-12(14)15-16-17/h2-10H,1H2. The van der Waals surface area contributed by atoms with Gasteiger partial charge in [-0.1, -0.05) is 48.2 Å². The van der Waals surface area contributed by atoms with Crippen molar-refractivity contribution < 1.29 is 0 Å². The molecule has 1 aromatic heterocycles. The van der Waals surface area contributed by atoms with Crippen molar-refractivity contribution in [1.29, 1.82) is 0 Å². The molecule has 3 rings (SSSR count). The van der Waals surface area contributed by atoms with Gasteiger partial charge in [-0.3, -0.25) is 0 Å². The molecule has 0 radical (unpaired) electrons. The average Bonchev–Trinajstić information content (AvgIpc) is 2.82. The largest absolute Gasteiger partial charge is 0.212 e. The van der Waals surface area contributed by atoms with Gasteiger partial charge in [0.05, 0.1) is 11.2 Å². The molecule has 3 nitrogen and oxygen atoms in total. The summed E-state index contributed by atoms with van der Waals surface area (Å²) in [7, 11) is 0. The first kappa shape index (κ1) is 9.78. The molecule has 0 aliphatic rings. The van der Waals surface area contributed by atoms with Gasteiger partial charge in [0, 0.05) is 0 Å². The van der Waals surface area contributed by atoms with Crippen LogP contribution in [0.1, 0.15) is 5.56 Å². The van der Waals surface area contributed by atoms with Gasteiger partial charge < -0.3 is 0 Å². The Kier molecular flexibility index (Phi) is 2.22. The summed E-state index contributed by atoms with van der Waals surface area (Å²) in [6, 6.07) is 15.9. The Morgan fingerprint density at radius 3 is 2.65 bits per heavy atom. The van der Waals surface area contributed by atoms with E-state index in [9.17, 15) is 0 Å². The number of fused-ring (bicyclic) bond motifs is 1. The Labute approximate surface area is 99.0 Å². The second kappa shape index (κ2) is 3.87. The summed E-state index contributed by atoms with van der Waals surface area (Å²) in [6.45, 7) is 3.82. The van der Waals surface area contributed by atoms with Crippen molar-refractivity contribution in [2.45, 2.75) is 0 Å². The number of hydrogen-bond donors (Lipinski definition) is 0. The second-order valence-corrected chi connectivity index (χ2v) is 3.75. The molecule has 0 N–H and O–H groups in total. The van der Waals surface area contributed by atoms with E-state index in [1.54, 1.807) is 0 Å². The maximum atomic E-state index is 4.19. The first-order chi connectivity index (χ1) is 8.40. The Morgan fingerprint density at radius 2 is 1.76 bits per heavy atom. The summed E-state index contributed by atoms with van der Waals surface area (Å²) in [6.07, 6.45) is 1.83. The Hall–Kier alpha value is -2.42. The molecule has 0 saturated heterocycles. The fraction of sp³-hybridized carbons (Fsp3) is 0. The minimum atomic E-state index is 0.895. The van der Waals surface area contributed by atoms with E-state index in [0.717, 1.165) is 22.3 Å². The van der Waals surface area contributed by atoms with Gasteiger partial charge >= 0.3 is 0 Å². The van der Waals surface area contributed by atoms with Crippen LogP contribution in [-0.2, 0) is 0 Å². The first-order valence-electron chi connectivity index (χ1n) is 5.42. The number of rotatable bonds is 2. The number of benzene rings is 2. The van der Waals surface area contributed by atoms with Gasteiger partial charge in [-0.15, -0.1) is 5.10 Å². The van der Waals surface area contributed by atoms with Crippen LogP contribution in [0.5, 0.6) is 0 Å². The van der Waals surface area contributed by atoms with Crippen LogP contribution < -0.4 is 0 Å². The Balaban J connectivity index is 2.31. The third-order valence-corrected chi connectivity index (χ3v) is 2.74. The van der Waals surface area contributed by atoms with Crippen molar-refractivity contribution in [2.75, 3.05) is 0 Å². The SMILES string of the molecule is C=Cc1ccccc1-n1nnc2ccccc21. The molecule has 0 aliphatic heterocycles. The van der Waals surface area contributed by atoms with Crippen molar-refractivity contribution in [3.05, 3.63) is 60.7 Å². The lowest BCUT2D eigenvalue weighted by atomic mass is 10.2. The quantitative estimate of drug-likeness (QED) is 0.665. The summed E-state index contributed by atoms with van der Waals surface area (Å²) in [4.78, 5) is 0. The van der Waals surface area contributed by atoms with Gasteiger partial charge in [0.25, 0.3) is 0 Å². The Morgan fingerprint density at radius 1 is 1.00 bits per heavy atom. The third kappa shape index (κ3) is 1.52. The lowest BCUT2D eigenvalue weighted by Crippen LogP contribution is -1.98. The molecule has 0 unspecified atom stereocenters. The molecule has 0 amide bonds. The average molecular weight is 221 g/mol. The molecule has 82 valence electrons. The molecule has 0 spiro atoms. The van der Waals surface area contributed by atoms with Gasteiger partial charge in [-0.05, 0) is 23.8 Å². The van der Waals surface area contributed by atoms with E-state index in [1.165, 1.54) is 0 Å². The minimum Gasteiger partial charge on any atom is -0.212 e. The molecule has 17 heavy (non-hydrogen) atoms.